The lowest BCUT2D eigenvalue weighted by molar-refractivity contribution is 0.245. The molecule has 0 radical (unpaired) electrons. The molecule has 0 unspecified atom stereocenters. The molecule has 1 aliphatic rings. The third kappa shape index (κ3) is 2.93. The summed E-state index contributed by atoms with van der Waals surface area (Å²) in [6, 6.07) is 1.95. The Morgan fingerprint density at radius 1 is 1.48 bits per heavy atom. The highest BCUT2D eigenvalue weighted by Crippen LogP contribution is 2.33. The smallest absolute Gasteiger partial charge is 0.275 e. The van der Waals surface area contributed by atoms with Gasteiger partial charge in [0, 0.05) is 24.2 Å². The zero-order valence-corrected chi connectivity index (χ0v) is 15.0. The van der Waals surface area contributed by atoms with E-state index in [2.05, 4.69) is 20.0 Å². The molecule has 0 aromatic carbocycles. The summed E-state index contributed by atoms with van der Waals surface area (Å²) in [7, 11) is 0. The lowest BCUT2D eigenvalue weighted by Crippen LogP contribution is -2.25. The molecule has 0 amide bonds. The van der Waals surface area contributed by atoms with Crippen LogP contribution in [0.5, 0.6) is 0 Å². The number of rotatable bonds is 4. The van der Waals surface area contributed by atoms with Crippen LogP contribution < -0.4 is 5.56 Å². The Labute approximate surface area is 145 Å². The van der Waals surface area contributed by atoms with E-state index in [9.17, 15) is 4.79 Å². The Hall–Kier alpha value is -1.29. The first-order valence-corrected chi connectivity index (χ1v) is 10.2. The van der Waals surface area contributed by atoms with Gasteiger partial charge in [0.05, 0.1) is 11.7 Å². The molecule has 23 heavy (non-hydrogen) atoms. The van der Waals surface area contributed by atoms with Crippen LogP contribution in [-0.2, 0) is 6.54 Å². The van der Waals surface area contributed by atoms with Gasteiger partial charge < -0.3 is 0 Å². The van der Waals surface area contributed by atoms with Gasteiger partial charge in [-0.2, -0.15) is 4.52 Å². The zero-order valence-electron chi connectivity index (χ0n) is 12.5. The number of likely N-dealkylation sites (tertiary alicyclic amines) is 1. The molecule has 0 saturated carbocycles. The van der Waals surface area contributed by atoms with Crippen molar-refractivity contribution in [2.24, 2.45) is 0 Å². The van der Waals surface area contributed by atoms with Crippen molar-refractivity contribution in [3.8, 4) is 0 Å². The summed E-state index contributed by atoms with van der Waals surface area (Å²) in [4.78, 5) is 24.4. The molecule has 9 heteroatoms. The predicted molar refractivity (Wildman–Crippen MR) is 93.4 cm³/mol. The summed E-state index contributed by atoms with van der Waals surface area (Å²) in [6.07, 6.45) is 6.08. The van der Waals surface area contributed by atoms with Gasteiger partial charge in [-0.05, 0) is 25.6 Å². The number of hydrogen-bond donors (Lipinski definition) is 0. The summed E-state index contributed by atoms with van der Waals surface area (Å²) in [6.45, 7) is 1.70. The molecule has 6 nitrogen and oxygen atoms in total. The second-order valence-electron chi connectivity index (χ2n) is 5.35. The fraction of sp³-hybridized carbons (Fsp3) is 0.429. The molecule has 120 valence electrons. The van der Waals surface area contributed by atoms with Crippen LogP contribution in [0.1, 0.15) is 29.6 Å². The molecule has 3 aromatic heterocycles. The average molecular weight is 366 g/mol. The molecular weight excluding hydrogens is 350 g/mol. The van der Waals surface area contributed by atoms with E-state index in [1.54, 1.807) is 17.4 Å². The SMILES string of the molecule is CSc1nn2c(=O)cc(CN3CCC[C@@H]3c3nccs3)nc2s1. The highest BCUT2D eigenvalue weighted by molar-refractivity contribution is 8.00. The second-order valence-corrected chi connectivity index (χ2v) is 8.29. The van der Waals surface area contributed by atoms with Crippen molar-refractivity contribution >= 4 is 39.4 Å². The van der Waals surface area contributed by atoms with Crippen molar-refractivity contribution < 1.29 is 0 Å². The zero-order chi connectivity index (χ0) is 15.8. The maximum atomic E-state index is 12.2. The van der Waals surface area contributed by atoms with Crippen molar-refractivity contribution in [3.05, 3.63) is 38.7 Å². The molecular formula is C14H15N5OS3. The van der Waals surface area contributed by atoms with Gasteiger partial charge in [-0.25, -0.2) is 9.97 Å². The van der Waals surface area contributed by atoms with Gasteiger partial charge in [0.25, 0.3) is 5.56 Å². The molecule has 0 aliphatic carbocycles. The van der Waals surface area contributed by atoms with Crippen LogP contribution in [0.2, 0.25) is 0 Å². The summed E-state index contributed by atoms with van der Waals surface area (Å²) in [5, 5.41) is 7.43. The van der Waals surface area contributed by atoms with Gasteiger partial charge in [-0.1, -0.05) is 23.1 Å². The van der Waals surface area contributed by atoms with E-state index >= 15 is 0 Å². The minimum atomic E-state index is -0.105. The predicted octanol–water partition coefficient (Wildman–Crippen LogP) is 2.67. The Balaban J connectivity index is 1.63. The number of aromatic nitrogens is 4. The van der Waals surface area contributed by atoms with Crippen LogP contribution in [0, 0.1) is 0 Å². The van der Waals surface area contributed by atoms with Crippen LogP contribution in [0.4, 0.5) is 0 Å². The molecule has 4 heterocycles. The molecule has 0 spiro atoms. The summed E-state index contributed by atoms with van der Waals surface area (Å²) < 4.78 is 2.25. The number of fused-ring (bicyclic) bond motifs is 1. The fourth-order valence-electron chi connectivity index (χ4n) is 2.90. The van der Waals surface area contributed by atoms with Crippen molar-refractivity contribution in [3.63, 3.8) is 0 Å². The van der Waals surface area contributed by atoms with Crippen LogP contribution in [-0.4, -0.2) is 37.3 Å². The Kier molecular flexibility index (Phi) is 4.18. The molecule has 1 saturated heterocycles. The van der Waals surface area contributed by atoms with Gasteiger partial charge in [-0.3, -0.25) is 9.69 Å². The third-order valence-electron chi connectivity index (χ3n) is 3.92. The van der Waals surface area contributed by atoms with Gasteiger partial charge in [0.1, 0.15) is 5.01 Å². The largest absolute Gasteiger partial charge is 0.288 e. The van der Waals surface area contributed by atoms with Crippen LogP contribution in [0.25, 0.3) is 4.96 Å². The van der Waals surface area contributed by atoms with Crippen molar-refractivity contribution in [2.75, 3.05) is 12.8 Å². The number of nitrogens with zero attached hydrogens (tertiary/aromatic N) is 5. The van der Waals surface area contributed by atoms with E-state index in [0.717, 1.165) is 34.4 Å². The monoisotopic (exact) mass is 365 g/mol. The molecule has 4 rings (SSSR count). The number of thiazole rings is 1. The van der Waals surface area contributed by atoms with Gasteiger partial charge in [-0.15, -0.1) is 16.4 Å². The van der Waals surface area contributed by atoms with Crippen LogP contribution in [0.15, 0.2) is 26.8 Å². The van der Waals surface area contributed by atoms with Gasteiger partial charge >= 0.3 is 0 Å². The number of thioether (sulfide) groups is 1. The van der Waals surface area contributed by atoms with Gasteiger partial charge in [0.15, 0.2) is 4.34 Å². The van der Waals surface area contributed by atoms with E-state index in [0.29, 0.717) is 17.5 Å². The third-order valence-corrected chi connectivity index (χ3v) is 6.68. The first kappa shape index (κ1) is 15.3. The molecule has 1 atom stereocenters. The Bertz CT molecular complexity index is 872. The van der Waals surface area contributed by atoms with Crippen molar-refractivity contribution in [1.82, 2.24) is 24.5 Å². The minimum Gasteiger partial charge on any atom is -0.288 e. The lowest BCUT2D eigenvalue weighted by Gasteiger charge is -2.22. The number of hydrogen-bond acceptors (Lipinski definition) is 8. The Morgan fingerprint density at radius 3 is 3.17 bits per heavy atom. The van der Waals surface area contributed by atoms with E-state index in [1.807, 2.05) is 17.8 Å². The quantitative estimate of drug-likeness (QED) is 0.663. The summed E-state index contributed by atoms with van der Waals surface area (Å²) >= 11 is 4.68. The van der Waals surface area contributed by atoms with Crippen molar-refractivity contribution in [2.45, 2.75) is 29.8 Å². The molecule has 0 N–H and O–H groups in total. The normalized spacial score (nSPS) is 18.9. The van der Waals surface area contributed by atoms with Crippen molar-refractivity contribution in [1.29, 1.82) is 0 Å². The highest BCUT2D eigenvalue weighted by atomic mass is 32.2. The van der Waals surface area contributed by atoms with E-state index in [1.165, 1.54) is 27.6 Å². The van der Waals surface area contributed by atoms with E-state index in [-0.39, 0.29) is 5.56 Å². The van der Waals surface area contributed by atoms with E-state index in [4.69, 9.17) is 0 Å². The maximum absolute atomic E-state index is 12.2. The summed E-state index contributed by atoms with van der Waals surface area (Å²) in [5.41, 5.74) is 0.710. The van der Waals surface area contributed by atoms with Crippen LogP contribution >= 0.6 is 34.4 Å². The van der Waals surface area contributed by atoms with Gasteiger partial charge in [0.2, 0.25) is 4.96 Å². The standard InChI is InChI=1S/C14H15N5OS3/c1-21-14-17-19-11(20)7-9(16-13(19)23-14)8-18-5-2-3-10(18)12-15-4-6-22-12/h4,6-7,10H,2-3,5,8H2,1H3/t10-/m1/s1. The second kappa shape index (κ2) is 6.31. The molecule has 1 aliphatic heterocycles. The molecule has 1 fully saturated rings. The van der Waals surface area contributed by atoms with E-state index < -0.39 is 0 Å². The van der Waals surface area contributed by atoms with Crippen LogP contribution in [0.3, 0.4) is 0 Å². The minimum absolute atomic E-state index is 0.105. The fourth-order valence-corrected chi connectivity index (χ4v) is 5.09. The molecule has 0 bridgehead atoms. The Morgan fingerprint density at radius 2 is 2.39 bits per heavy atom. The first-order chi connectivity index (χ1) is 11.2. The first-order valence-electron chi connectivity index (χ1n) is 7.32. The lowest BCUT2D eigenvalue weighted by atomic mass is 10.2. The molecule has 3 aromatic rings. The summed E-state index contributed by atoms with van der Waals surface area (Å²) in [5.74, 6) is 0. The highest BCUT2D eigenvalue weighted by Gasteiger charge is 2.28. The maximum Gasteiger partial charge on any atom is 0.275 e. The topological polar surface area (TPSA) is 63.4 Å². The average Bonchev–Trinajstić information content (AvgIpc) is 3.26.